The third kappa shape index (κ3) is 5.19. The van der Waals surface area contributed by atoms with Gasteiger partial charge >= 0.3 is 11.9 Å². The van der Waals surface area contributed by atoms with Gasteiger partial charge in [0.1, 0.15) is 12.3 Å². The van der Waals surface area contributed by atoms with E-state index in [0.717, 1.165) is 11.1 Å². The number of ether oxygens (including phenoxy) is 2. The van der Waals surface area contributed by atoms with E-state index in [1.165, 1.54) is 0 Å². The van der Waals surface area contributed by atoms with Crippen molar-refractivity contribution in [1.82, 2.24) is 4.57 Å². The lowest BCUT2D eigenvalue weighted by atomic mass is 10.1. The number of carbonyl (C=O) groups excluding carboxylic acids is 3. The molecule has 2 aromatic carbocycles. The summed E-state index contributed by atoms with van der Waals surface area (Å²) in [5.41, 5.74) is 3.00. The summed E-state index contributed by atoms with van der Waals surface area (Å²) in [5.74, 6) is -1.26. The molecule has 1 heterocycles. The lowest BCUT2D eigenvalue weighted by Crippen LogP contribution is -2.14. The van der Waals surface area contributed by atoms with Crippen LogP contribution in [-0.4, -0.2) is 28.9 Å². The lowest BCUT2D eigenvalue weighted by molar-refractivity contribution is 0.0457. The number of hydrogen-bond donors (Lipinski definition) is 0. The van der Waals surface area contributed by atoms with Crippen LogP contribution < -0.4 is 0 Å². The van der Waals surface area contributed by atoms with Gasteiger partial charge in [-0.3, -0.25) is 4.79 Å². The highest BCUT2D eigenvalue weighted by Gasteiger charge is 2.14. The van der Waals surface area contributed by atoms with Crippen LogP contribution >= 0.6 is 0 Å². The quantitative estimate of drug-likeness (QED) is 0.453. The molecule has 0 fully saturated rings. The molecule has 6 nitrogen and oxygen atoms in total. The number of ketones is 1. The van der Waals surface area contributed by atoms with Gasteiger partial charge in [-0.25, -0.2) is 9.59 Å². The van der Waals surface area contributed by atoms with Crippen molar-refractivity contribution >= 4 is 17.7 Å². The maximum Gasteiger partial charge on any atom is 0.355 e. The van der Waals surface area contributed by atoms with Crippen LogP contribution in [0.1, 0.15) is 42.3 Å². The SMILES string of the molecule is Cc1cc(C(=O)OCc2ccc(C(=O)OCC(=O)c3ccccc3)cc2)n(C)c1. The van der Waals surface area contributed by atoms with Crippen LogP contribution in [0.4, 0.5) is 0 Å². The molecule has 3 aromatic rings. The van der Waals surface area contributed by atoms with E-state index in [1.807, 2.05) is 19.2 Å². The fraction of sp³-hybridized carbons (Fsp3) is 0.174. The molecule has 0 N–H and O–H groups in total. The highest BCUT2D eigenvalue weighted by molar-refractivity contribution is 5.99. The number of aryl methyl sites for hydroxylation is 2. The summed E-state index contributed by atoms with van der Waals surface area (Å²) in [5, 5.41) is 0. The standard InChI is InChI=1S/C23H21NO5/c1-16-12-20(24(2)13-16)23(27)28-14-17-8-10-19(11-9-17)22(26)29-15-21(25)18-6-4-3-5-7-18/h3-13H,14-15H2,1-2H3. The Morgan fingerprint density at radius 1 is 0.862 bits per heavy atom. The Labute approximate surface area is 168 Å². The largest absolute Gasteiger partial charge is 0.456 e. The van der Waals surface area contributed by atoms with Gasteiger partial charge < -0.3 is 14.0 Å². The van der Waals surface area contributed by atoms with Gasteiger partial charge in [-0.2, -0.15) is 0 Å². The molecule has 0 radical (unpaired) electrons. The Kier molecular flexibility index (Phi) is 6.24. The van der Waals surface area contributed by atoms with E-state index in [-0.39, 0.29) is 19.0 Å². The molecule has 0 bridgehead atoms. The topological polar surface area (TPSA) is 74.6 Å². The zero-order valence-electron chi connectivity index (χ0n) is 16.3. The molecule has 3 rings (SSSR count). The summed E-state index contributed by atoms with van der Waals surface area (Å²) in [6, 6.07) is 16.9. The molecular formula is C23H21NO5. The predicted molar refractivity (Wildman–Crippen MR) is 107 cm³/mol. The molecule has 0 saturated heterocycles. The van der Waals surface area contributed by atoms with E-state index in [0.29, 0.717) is 16.8 Å². The molecule has 0 aliphatic rings. The Morgan fingerprint density at radius 2 is 1.55 bits per heavy atom. The highest BCUT2D eigenvalue weighted by atomic mass is 16.5. The monoisotopic (exact) mass is 391 g/mol. The van der Waals surface area contributed by atoms with Crippen molar-refractivity contribution in [2.45, 2.75) is 13.5 Å². The van der Waals surface area contributed by atoms with E-state index in [2.05, 4.69) is 0 Å². The normalized spacial score (nSPS) is 10.4. The molecule has 0 atom stereocenters. The Hall–Kier alpha value is -3.67. The van der Waals surface area contributed by atoms with Crippen molar-refractivity contribution < 1.29 is 23.9 Å². The molecule has 29 heavy (non-hydrogen) atoms. The molecular weight excluding hydrogens is 370 g/mol. The number of carbonyl (C=O) groups is 3. The minimum atomic E-state index is -0.586. The van der Waals surface area contributed by atoms with Crippen molar-refractivity contribution in [2.75, 3.05) is 6.61 Å². The number of rotatable bonds is 7. The summed E-state index contributed by atoms with van der Waals surface area (Å²) in [7, 11) is 1.78. The van der Waals surface area contributed by atoms with Crippen molar-refractivity contribution in [2.24, 2.45) is 7.05 Å². The zero-order chi connectivity index (χ0) is 20.8. The first-order chi connectivity index (χ1) is 13.9. The fourth-order valence-corrected chi connectivity index (χ4v) is 2.81. The van der Waals surface area contributed by atoms with E-state index in [9.17, 15) is 14.4 Å². The summed E-state index contributed by atoms with van der Waals surface area (Å²) in [4.78, 5) is 36.3. The van der Waals surface area contributed by atoms with Crippen molar-refractivity contribution in [3.8, 4) is 0 Å². The second kappa shape index (κ2) is 9.01. The van der Waals surface area contributed by atoms with Gasteiger partial charge in [-0.1, -0.05) is 42.5 Å². The van der Waals surface area contributed by atoms with E-state index < -0.39 is 11.9 Å². The highest BCUT2D eigenvalue weighted by Crippen LogP contribution is 2.11. The zero-order valence-corrected chi connectivity index (χ0v) is 16.3. The number of nitrogens with zero attached hydrogens (tertiary/aromatic N) is 1. The minimum Gasteiger partial charge on any atom is -0.456 e. The van der Waals surface area contributed by atoms with Crippen LogP contribution in [0.5, 0.6) is 0 Å². The average Bonchev–Trinajstić information content (AvgIpc) is 3.09. The first kappa shape index (κ1) is 20.1. The van der Waals surface area contributed by atoms with Gasteiger partial charge in [0, 0.05) is 18.8 Å². The Balaban J connectivity index is 1.51. The predicted octanol–water partition coefficient (Wildman–Crippen LogP) is 3.73. The smallest absolute Gasteiger partial charge is 0.355 e. The number of Topliss-reactive ketones (excluding diaryl/α,β-unsaturated/α-hetero) is 1. The van der Waals surface area contributed by atoms with Gasteiger partial charge in [0.2, 0.25) is 0 Å². The van der Waals surface area contributed by atoms with Crippen LogP contribution in [0, 0.1) is 6.92 Å². The third-order valence-electron chi connectivity index (χ3n) is 4.34. The first-order valence-electron chi connectivity index (χ1n) is 9.08. The van der Waals surface area contributed by atoms with Gasteiger partial charge in [0.25, 0.3) is 0 Å². The third-order valence-corrected chi connectivity index (χ3v) is 4.34. The molecule has 0 saturated carbocycles. The second-order valence-corrected chi connectivity index (χ2v) is 6.65. The Bertz CT molecular complexity index is 1020. The minimum absolute atomic E-state index is 0.0882. The van der Waals surface area contributed by atoms with Gasteiger partial charge in [-0.05, 0) is 36.2 Å². The lowest BCUT2D eigenvalue weighted by Gasteiger charge is -2.07. The van der Waals surface area contributed by atoms with Gasteiger partial charge in [0.15, 0.2) is 12.4 Å². The summed E-state index contributed by atoms with van der Waals surface area (Å²) < 4.78 is 12.1. The number of esters is 2. The average molecular weight is 391 g/mol. The van der Waals surface area contributed by atoms with Crippen LogP contribution in [-0.2, 0) is 23.1 Å². The first-order valence-corrected chi connectivity index (χ1v) is 9.08. The number of hydrogen-bond acceptors (Lipinski definition) is 5. The summed E-state index contributed by atoms with van der Waals surface area (Å²) in [6.07, 6.45) is 1.85. The molecule has 1 aromatic heterocycles. The molecule has 0 aliphatic carbocycles. The number of benzene rings is 2. The van der Waals surface area contributed by atoms with Crippen molar-refractivity contribution in [3.63, 3.8) is 0 Å². The number of aromatic nitrogens is 1. The van der Waals surface area contributed by atoms with Crippen LogP contribution in [0.15, 0.2) is 66.9 Å². The van der Waals surface area contributed by atoms with Crippen LogP contribution in [0.2, 0.25) is 0 Å². The van der Waals surface area contributed by atoms with Gasteiger partial charge in [0.05, 0.1) is 5.56 Å². The van der Waals surface area contributed by atoms with Crippen LogP contribution in [0.3, 0.4) is 0 Å². The maximum atomic E-state index is 12.1. The fourth-order valence-electron chi connectivity index (χ4n) is 2.81. The molecule has 0 unspecified atom stereocenters. The van der Waals surface area contributed by atoms with Crippen molar-refractivity contribution in [3.05, 3.63) is 94.8 Å². The molecule has 6 heteroatoms. The second-order valence-electron chi connectivity index (χ2n) is 6.65. The van der Waals surface area contributed by atoms with E-state index in [4.69, 9.17) is 9.47 Å². The van der Waals surface area contributed by atoms with Gasteiger partial charge in [-0.15, -0.1) is 0 Å². The maximum absolute atomic E-state index is 12.1. The molecule has 0 aliphatic heterocycles. The molecule has 148 valence electrons. The molecule has 0 amide bonds. The summed E-state index contributed by atoms with van der Waals surface area (Å²) >= 11 is 0. The van der Waals surface area contributed by atoms with E-state index >= 15 is 0 Å². The molecule has 0 spiro atoms. The summed E-state index contributed by atoms with van der Waals surface area (Å²) in [6.45, 7) is 1.67. The van der Waals surface area contributed by atoms with E-state index in [1.54, 1.807) is 66.2 Å². The Morgan fingerprint density at radius 3 is 2.17 bits per heavy atom. The van der Waals surface area contributed by atoms with Crippen LogP contribution in [0.25, 0.3) is 0 Å². The van der Waals surface area contributed by atoms with Crippen molar-refractivity contribution in [1.29, 1.82) is 0 Å².